The van der Waals surface area contributed by atoms with Gasteiger partial charge in [0.05, 0.1) is 15.0 Å². The van der Waals surface area contributed by atoms with Crippen LogP contribution >= 0.6 is 15.9 Å². The van der Waals surface area contributed by atoms with E-state index in [0.717, 1.165) is 11.6 Å². The number of hydrogen-bond donors (Lipinski definition) is 0. The molecule has 3 rings (SSSR count). The number of benzene rings is 3. The van der Waals surface area contributed by atoms with E-state index in [1.165, 1.54) is 17.0 Å². The molecule has 0 fully saturated rings. The standard InChI is InChI=1S/C22H17BrN2O5/c1-14-3-5-15(6-4-14)21(26)24(2)17-8-10-18(11-9-17)30-22(27)16-7-12-19(23)20(13-16)25(28)29/h3-13H,1-2H3. The summed E-state index contributed by atoms with van der Waals surface area (Å²) in [6, 6.07) is 17.7. The minimum atomic E-state index is -0.720. The van der Waals surface area contributed by atoms with Crippen LogP contribution in [0.5, 0.6) is 5.75 Å². The SMILES string of the molecule is Cc1ccc(C(=O)N(C)c2ccc(OC(=O)c3ccc(Br)c([N+](=O)[O-])c3)cc2)cc1. The van der Waals surface area contributed by atoms with E-state index in [1.54, 1.807) is 43.4 Å². The summed E-state index contributed by atoms with van der Waals surface area (Å²) >= 11 is 3.07. The van der Waals surface area contributed by atoms with Crippen LogP contribution in [0.2, 0.25) is 0 Å². The first kappa shape index (κ1) is 21.2. The largest absolute Gasteiger partial charge is 0.423 e. The number of ether oxygens (including phenoxy) is 1. The highest BCUT2D eigenvalue weighted by atomic mass is 79.9. The molecule has 8 heteroatoms. The first-order chi connectivity index (χ1) is 14.3. The molecule has 152 valence electrons. The number of esters is 1. The predicted octanol–water partition coefficient (Wildman–Crippen LogP) is 5.16. The van der Waals surface area contributed by atoms with Gasteiger partial charge in [-0.05, 0) is 71.4 Å². The topological polar surface area (TPSA) is 89.8 Å². The predicted molar refractivity (Wildman–Crippen MR) is 116 cm³/mol. The van der Waals surface area contributed by atoms with Crippen molar-refractivity contribution in [2.24, 2.45) is 0 Å². The molecule has 0 saturated carbocycles. The van der Waals surface area contributed by atoms with E-state index in [1.807, 2.05) is 19.1 Å². The molecule has 0 unspecified atom stereocenters. The van der Waals surface area contributed by atoms with Crippen molar-refractivity contribution in [3.8, 4) is 5.75 Å². The Balaban J connectivity index is 1.72. The van der Waals surface area contributed by atoms with Gasteiger partial charge in [-0.15, -0.1) is 0 Å². The molecule has 3 aromatic carbocycles. The molecule has 0 heterocycles. The molecule has 0 radical (unpaired) electrons. The summed E-state index contributed by atoms with van der Waals surface area (Å²) in [5, 5.41) is 11.0. The summed E-state index contributed by atoms with van der Waals surface area (Å²) in [5.41, 5.74) is 2.09. The molecule has 3 aromatic rings. The maximum atomic E-state index is 12.6. The molecular formula is C22H17BrN2O5. The third kappa shape index (κ3) is 4.72. The fraction of sp³-hybridized carbons (Fsp3) is 0.0909. The van der Waals surface area contributed by atoms with Gasteiger partial charge in [0.25, 0.3) is 11.6 Å². The van der Waals surface area contributed by atoms with Crippen LogP contribution in [0.4, 0.5) is 11.4 Å². The average Bonchev–Trinajstić information content (AvgIpc) is 2.74. The van der Waals surface area contributed by atoms with Gasteiger partial charge in [-0.1, -0.05) is 17.7 Å². The first-order valence-electron chi connectivity index (χ1n) is 8.87. The normalized spacial score (nSPS) is 10.4. The minimum Gasteiger partial charge on any atom is -0.423 e. The number of aryl methyl sites for hydroxylation is 1. The van der Waals surface area contributed by atoms with Crippen LogP contribution in [-0.2, 0) is 0 Å². The second kappa shape index (κ2) is 8.87. The second-order valence-electron chi connectivity index (χ2n) is 6.54. The zero-order chi connectivity index (χ0) is 21.8. The van der Waals surface area contributed by atoms with Crippen LogP contribution in [0.25, 0.3) is 0 Å². The number of rotatable bonds is 5. The third-order valence-electron chi connectivity index (χ3n) is 4.42. The molecule has 30 heavy (non-hydrogen) atoms. The monoisotopic (exact) mass is 468 g/mol. The van der Waals surface area contributed by atoms with Crippen LogP contribution in [0.15, 0.2) is 71.2 Å². The van der Waals surface area contributed by atoms with Crippen LogP contribution in [-0.4, -0.2) is 23.8 Å². The van der Waals surface area contributed by atoms with E-state index in [0.29, 0.717) is 11.3 Å². The lowest BCUT2D eigenvalue weighted by Gasteiger charge is -2.18. The van der Waals surface area contributed by atoms with Gasteiger partial charge in [-0.2, -0.15) is 0 Å². The molecule has 0 aliphatic rings. The summed E-state index contributed by atoms with van der Waals surface area (Å²) in [6.07, 6.45) is 0. The maximum Gasteiger partial charge on any atom is 0.343 e. The van der Waals surface area contributed by atoms with Gasteiger partial charge < -0.3 is 9.64 Å². The van der Waals surface area contributed by atoms with Gasteiger partial charge in [-0.25, -0.2) is 4.79 Å². The van der Waals surface area contributed by atoms with Crippen LogP contribution in [0.3, 0.4) is 0 Å². The fourth-order valence-corrected chi connectivity index (χ4v) is 3.08. The van der Waals surface area contributed by atoms with E-state index in [4.69, 9.17) is 4.74 Å². The Bertz CT molecular complexity index is 1110. The zero-order valence-electron chi connectivity index (χ0n) is 16.2. The molecule has 0 spiro atoms. The number of halogens is 1. The molecular weight excluding hydrogens is 452 g/mol. The smallest absolute Gasteiger partial charge is 0.343 e. The Labute approximate surface area is 181 Å². The van der Waals surface area contributed by atoms with Crippen molar-refractivity contribution in [1.29, 1.82) is 0 Å². The van der Waals surface area contributed by atoms with Gasteiger partial charge in [0.1, 0.15) is 5.75 Å². The molecule has 0 atom stereocenters. The van der Waals surface area contributed by atoms with Crippen molar-refractivity contribution >= 4 is 39.2 Å². The Kier molecular flexibility index (Phi) is 6.27. The van der Waals surface area contributed by atoms with E-state index in [9.17, 15) is 19.7 Å². The van der Waals surface area contributed by atoms with E-state index >= 15 is 0 Å². The molecule has 1 amide bonds. The molecule has 7 nitrogen and oxygen atoms in total. The molecule has 0 aromatic heterocycles. The molecule has 0 saturated heterocycles. The highest BCUT2D eigenvalue weighted by Gasteiger charge is 2.18. The number of nitro groups is 1. The summed E-state index contributed by atoms with van der Waals surface area (Å²) < 4.78 is 5.56. The van der Waals surface area contributed by atoms with Gasteiger partial charge in [0, 0.05) is 24.4 Å². The number of carbonyl (C=O) groups excluding carboxylic acids is 2. The quantitative estimate of drug-likeness (QED) is 0.223. The summed E-state index contributed by atoms with van der Waals surface area (Å²) in [6.45, 7) is 1.95. The van der Waals surface area contributed by atoms with Gasteiger partial charge in [0.15, 0.2) is 0 Å². The van der Waals surface area contributed by atoms with Crippen molar-refractivity contribution in [2.45, 2.75) is 6.92 Å². The number of anilines is 1. The van der Waals surface area contributed by atoms with Crippen molar-refractivity contribution in [3.05, 3.63) is 98.0 Å². The zero-order valence-corrected chi connectivity index (χ0v) is 17.8. The lowest BCUT2D eigenvalue weighted by molar-refractivity contribution is -0.385. The Morgan fingerprint density at radius 2 is 1.57 bits per heavy atom. The van der Waals surface area contributed by atoms with E-state index in [-0.39, 0.29) is 27.4 Å². The number of amides is 1. The van der Waals surface area contributed by atoms with Gasteiger partial charge in [0.2, 0.25) is 0 Å². The average molecular weight is 469 g/mol. The molecule has 0 bridgehead atoms. The second-order valence-corrected chi connectivity index (χ2v) is 7.39. The van der Waals surface area contributed by atoms with Gasteiger partial charge >= 0.3 is 5.97 Å². The highest BCUT2D eigenvalue weighted by Crippen LogP contribution is 2.27. The summed E-state index contributed by atoms with van der Waals surface area (Å²) in [5.74, 6) is -0.630. The third-order valence-corrected chi connectivity index (χ3v) is 5.09. The van der Waals surface area contributed by atoms with Crippen LogP contribution in [0.1, 0.15) is 26.3 Å². The Morgan fingerprint density at radius 1 is 0.967 bits per heavy atom. The maximum absolute atomic E-state index is 12.6. The number of nitro benzene ring substituents is 1. The number of carbonyl (C=O) groups is 2. The Hall–Kier alpha value is -3.52. The number of hydrogen-bond acceptors (Lipinski definition) is 5. The van der Waals surface area contributed by atoms with E-state index in [2.05, 4.69) is 15.9 Å². The first-order valence-corrected chi connectivity index (χ1v) is 9.66. The summed E-state index contributed by atoms with van der Waals surface area (Å²) in [4.78, 5) is 36.8. The van der Waals surface area contributed by atoms with Crippen molar-refractivity contribution in [1.82, 2.24) is 0 Å². The van der Waals surface area contributed by atoms with Crippen molar-refractivity contribution in [2.75, 3.05) is 11.9 Å². The van der Waals surface area contributed by atoms with Crippen LogP contribution in [0, 0.1) is 17.0 Å². The van der Waals surface area contributed by atoms with Crippen molar-refractivity contribution in [3.63, 3.8) is 0 Å². The van der Waals surface area contributed by atoms with Crippen molar-refractivity contribution < 1.29 is 19.2 Å². The minimum absolute atomic E-state index is 0.0562. The van der Waals surface area contributed by atoms with Crippen LogP contribution < -0.4 is 9.64 Å². The molecule has 0 N–H and O–H groups in total. The Morgan fingerprint density at radius 3 is 2.17 bits per heavy atom. The lowest BCUT2D eigenvalue weighted by atomic mass is 10.1. The summed E-state index contributed by atoms with van der Waals surface area (Å²) in [7, 11) is 1.66. The molecule has 0 aliphatic carbocycles. The van der Waals surface area contributed by atoms with E-state index < -0.39 is 10.9 Å². The number of nitrogens with zero attached hydrogens (tertiary/aromatic N) is 2. The molecule has 0 aliphatic heterocycles. The fourth-order valence-electron chi connectivity index (χ4n) is 2.69. The van der Waals surface area contributed by atoms with Gasteiger partial charge in [-0.3, -0.25) is 14.9 Å². The lowest BCUT2D eigenvalue weighted by Crippen LogP contribution is -2.26. The highest BCUT2D eigenvalue weighted by molar-refractivity contribution is 9.10.